The molecule has 0 atom stereocenters. The van der Waals surface area contributed by atoms with Crippen LogP contribution in [-0.2, 0) is 6.18 Å². The van der Waals surface area contributed by atoms with Crippen LogP contribution in [0.2, 0.25) is 0 Å². The predicted molar refractivity (Wildman–Crippen MR) is 85.2 cm³/mol. The summed E-state index contributed by atoms with van der Waals surface area (Å²) in [5.41, 5.74) is 0.678. The van der Waals surface area contributed by atoms with Crippen molar-refractivity contribution < 1.29 is 18.0 Å². The molecule has 3 rings (SSSR count). The molecule has 0 radical (unpaired) electrons. The minimum atomic E-state index is -4.46. The van der Waals surface area contributed by atoms with Gasteiger partial charge in [-0.2, -0.15) is 18.3 Å². The van der Waals surface area contributed by atoms with Gasteiger partial charge in [0.25, 0.3) is 5.91 Å². The van der Waals surface area contributed by atoms with E-state index in [4.69, 9.17) is 0 Å². The highest BCUT2D eigenvalue weighted by Gasteiger charge is 2.30. The number of carbonyl (C=O) groups excluding carboxylic acids is 1. The summed E-state index contributed by atoms with van der Waals surface area (Å²) < 4.78 is 40.0. The number of nitrogens with zero attached hydrogens (tertiary/aromatic N) is 3. The monoisotopic (exact) mass is 346 g/mol. The fourth-order valence-electron chi connectivity index (χ4n) is 2.35. The van der Waals surface area contributed by atoms with Gasteiger partial charge in [0.1, 0.15) is 5.69 Å². The zero-order chi connectivity index (χ0) is 18.0. The second-order valence-electron chi connectivity index (χ2n) is 5.20. The summed E-state index contributed by atoms with van der Waals surface area (Å²) in [6, 6.07) is 8.10. The second-order valence-corrected chi connectivity index (χ2v) is 5.20. The maximum absolute atomic E-state index is 12.9. The average Bonchev–Trinajstić information content (AvgIpc) is 3.06. The molecular formula is C17H13F3N4O. The van der Waals surface area contributed by atoms with E-state index in [9.17, 15) is 18.0 Å². The maximum Gasteiger partial charge on any atom is 0.416 e. The van der Waals surface area contributed by atoms with Crippen molar-refractivity contribution in [3.8, 4) is 16.9 Å². The van der Waals surface area contributed by atoms with Crippen molar-refractivity contribution >= 4 is 5.91 Å². The maximum atomic E-state index is 12.9. The first-order chi connectivity index (χ1) is 11.9. The first-order valence-corrected chi connectivity index (χ1v) is 7.30. The molecule has 2 aromatic heterocycles. The quantitative estimate of drug-likeness (QED) is 0.791. The minimum absolute atomic E-state index is 0.209. The molecule has 0 saturated heterocycles. The topological polar surface area (TPSA) is 59.8 Å². The van der Waals surface area contributed by atoms with Gasteiger partial charge in [0.05, 0.1) is 16.8 Å². The number of benzene rings is 1. The molecule has 0 aliphatic heterocycles. The number of hydrogen-bond donors (Lipinski definition) is 1. The molecule has 1 aromatic carbocycles. The SMILES string of the molecule is CNC(=O)c1cn(-c2cccc(C(F)(F)F)c2)nc1-c1ccncc1. The van der Waals surface area contributed by atoms with E-state index in [-0.39, 0.29) is 17.2 Å². The third kappa shape index (κ3) is 3.37. The Morgan fingerprint density at radius 2 is 1.88 bits per heavy atom. The van der Waals surface area contributed by atoms with E-state index in [1.165, 1.54) is 30.1 Å². The Labute approximate surface area is 141 Å². The highest BCUT2D eigenvalue weighted by Crippen LogP contribution is 2.31. The number of hydrogen-bond acceptors (Lipinski definition) is 3. The van der Waals surface area contributed by atoms with E-state index in [1.807, 2.05) is 0 Å². The zero-order valence-electron chi connectivity index (χ0n) is 13.1. The first kappa shape index (κ1) is 16.7. The van der Waals surface area contributed by atoms with Crippen LogP contribution in [0.5, 0.6) is 0 Å². The van der Waals surface area contributed by atoms with Crippen molar-refractivity contribution in [1.29, 1.82) is 0 Å². The Morgan fingerprint density at radius 1 is 1.16 bits per heavy atom. The summed E-state index contributed by atoms with van der Waals surface area (Å²) in [5, 5.41) is 6.81. The Bertz CT molecular complexity index is 904. The number of pyridine rings is 1. The van der Waals surface area contributed by atoms with Gasteiger partial charge in [-0.15, -0.1) is 0 Å². The third-order valence-electron chi connectivity index (χ3n) is 3.58. The van der Waals surface area contributed by atoms with Gasteiger partial charge in [-0.05, 0) is 30.3 Å². The van der Waals surface area contributed by atoms with Crippen LogP contribution in [0.1, 0.15) is 15.9 Å². The number of nitrogens with one attached hydrogen (secondary N) is 1. The van der Waals surface area contributed by atoms with Crippen LogP contribution < -0.4 is 5.32 Å². The van der Waals surface area contributed by atoms with Crippen LogP contribution in [0, 0.1) is 0 Å². The van der Waals surface area contributed by atoms with Crippen molar-refractivity contribution in [2.24, 2.45) is 0 Å². The Kier molecular flexibility index (Phi) is 4.26. The lowest BCUT2D eigenvalue weighted by Crippen LogP contribution is -2.17. The molecule has 128 valence electrons. The summed E-state index contributed by atoms with van der Waals surface area (Å²) in [4.78, 5) is 16.0. The lowest BCUT2D eigenvalue weighted by atomic mass is 10.1. The molecule has 5 nitrogen and oxygen atoms in total. The normalized spacial score (nSPS) is 11.4. The van der Waals surface area contributed by atoms with Crippen LogP contribution in [0.3, 0.4) is 0 Å². The number of alkyl halides is 3. The summed E-state index contributed by atoms with van der Waals surface area (Å²) in [6.07, 6.45) is 0.0450. The van der Waals surface area contributed by atoms with E-state index in [0.717, 1.165) is 12.1 Å². The fourth-order valence-corrected chi connectivity index (χ4v) is 2.35. The Balaban J connectivity index is 2.13. The van der Waals surface area contributed by atoms with Gasteiger partial charge in [-0.25, -0.2) is 4.68 Å². The predicted octanol–water partition coefficient (Wildman–Crippen LogP) is 3.31. The van der Waals surface area contributed by atoms with E-state index >= 15 is 0 Å². The summed E-state index contributed by atoms with van der Waals surface area (Å²) in [6.45, 7) is 0. The molecule has 0 fully saturated rings. The second kappa shape index (κ2) is 6.39. The lowest BCUT2D eigenvalue weighted by molar-refractivity contribution is -0.137. The number of carbonyl (C=O) groups is 1. The molecule has 1 amide bonds. The summed E-state index contributed by atoms with van der Waals surface area (Å²) in [5.74, 6) is -0.384. The molecule has 0 unspecified atom stereocenters. The first-order valence-electron chi connectivity index (χ1n) is 7.30. The smallest absolute Gasteiger partial charge is 0.355 e. The zero-order valence-corrected chi connectivity index (χ0v) is 13.1. The van der Waals surface area contributed by atoms with Gasteiger partial charge in [-0.1, -0.05) is 6.07 Å². The Morgan fingerprint density at radius 3 is 2.52 bits per heavy atom. The minimum Gasteiger partial charge on any atom is -0.355 e. The van der Waals surface area contributed by atoms with E-state index in [1.54, 1.807) is 24.5 Å². The van der Waals surface area contributed by atoms with Crippen LogP contribution in [0.4, 0.5) is 13.2 Å². The number of aromatic nitrogens is 3. The van der Waals surface area contributed by atoms with Crippen molar-refractivity contribution in [2.75, 3.05) is 7.05 Å². The van der Waals surface area contributed by atoms with Crippen molar-refractivity contribution in [3.63, 3.8) is 0 Å². The standard InChI is InChI=1S/C17H13F3N4O/c1-21-16(25)14-10-24(23-15(14)11-5-7-22-8-6-11)13-4-2-3-12(9-13)17(18,19)20/h2-10H,1H3,(H,21,25). The molecule has 2 heterocycles. The average molecular weight is 346 g/mol. The molecule has 8 heteroatoms. The van der Waals surface area contributed by atoms with Gasteiger partial charge in [0.15, 0.2) is 0 Å². The number of halogens is 3. The highest BCUT2D eigenvalue weighted by atomic mass is 19.4. The van der Waals surface area contributed by atoms with Gasteiger partial charge in [0.2, 0.25) is 0 Å². The van der Waals surface area contributed by atoms with Crippen molar-refractivity contribution in [3.05, 3.63) is 66.1 Å². The molecule has 0 spiro atoms. The van der Waals surface area contributed by atoms with Crippen LogP contribution in [0.25, 0.3) is 16.9 Å². The van der Waals surface area contributed by atoms with Crippen molar-refractivity contribution in [2.45, 2.75) is 6.18 Å². The molecule has 0 aliphatic carbocycles. The van der Waals surface area contributed by atoms with Gasteiger partial charge in [0, 0.05) is 31.2 Å². The van der Waals surface area contributed by atoms with Gasteiger partial charge in [-0.3, -0.25) is 9.78 Å². The molecule has 0 aliphatic rings. The highest BCUT2D eigenvalue weighted by molar-refractivity contribution is 5.99. The Hall–Kier alpha value is -3.16. The van der Waals surface area contributed by atoms with Crippen LogP contribution in [0.15, 0.2) is 55.0 Å². The third-order valence-corrected chi connectivity index (χ3v) is 3.58. The molecule has 25 heavy (non-hydrogen) atoms. The molecule has 0 bridgehead atoms. The van der Waals surface area contributed by atoms with E-state index in [2.05, 4.69) is 15.4 Å². The molecular weight excluding hydrogens is 333 g/mol. The molecule has 3 aromatic rings. The van der Waals surface area contributed by atoms with E-state index in [0.29, 0.717) is 11.3 Å². The van der Waals surface area contributed by atoms with Gasteiger partial charge >= 0.3 is 6.18 Å². The van der Waals surface area contributed by atoms with Crippen molar-refractivity contribution in [1.82, 2.24) is 20.1 Å². The summed E-state index contributed by atoms with van der Waals surface area (Å²) in [7, 11) is 1.47. The van der Waals surface area contributed by atoms with E-state index < -0.39 is 11.7 Å². The van der Waals surface area contributed by atoms with Gasteiger partial charge < -0.3 is 5.32 Å². The largest absolute Gasteiger partial charge is 0.416 e. The fraction of sp³-hybridized carbons (Fsp3) is 0.118. The lowest BCUT2D eigenvalue weighted by Gasteiger charge is -2.08. The summed E-state index contributed by atoms with van der Waals surface area (Å²) >= 11 is 0. The molecule has 0 saturated carbocycles. The molecule has 1 N–H and O–H groups in total. The van der Waals surface area contributed by atoms with Crippen LogP contribution >= 0.6 is 0 Å². The number of amides is 1. The van der Waals surface area contributed by atoms with Crippen LogP contribution in [-0.4, -0.2) is 27.7 Å². The number of rotatable bonds is 3.